The molecule has 1 aliphatic rings. The summed E-state index contributed by atoms with van der Waals surface area (Å²) < 4.78 is 5.62. The molecule has 0 bridgehead atoms. The van der Waals surface area contributed by atoms with E-state index in [0.717, 1.165) is 5.75 Å². The van der Waals surface area contributed by atoms with Gasteiger partial charge in [0.1, 0.15) is 12.4 Å². The molecule has 1 saturated heterocycles. The van der Waals surface area contributed by atoms with Crippen LogP contribution in [0, 0.1) is 12.8 Å². The minimum atomic E-state index is -0.105. The number of piperidine rings is 1. The summed E-state index contributed by atoms with van der Waals surface area (Å²) in [7, 11) is 1.78. The lowest BCUT2D eigenvalue weighted by molar-refractivity contribution is -0.136. The standard InChI is InChI=1S/C16H22N2O3/c1-12-3-6-14(7-4-12)21-10-9-18(2)16(20)13-5-8-15(19)17-11-13/h3-4,6-7,13H,5,8-11H2,1-2H3,(H,17,19). The van der Waals surface area contributed by atoms with Gasteiger partial charge < -0.3 is 15.0 Å². The van der Waals surface area contributed by atoms with Crippen LogP contribution in [0.5, 0.6) is 5.75 Å². The predicted octanol–water partition coefficient (Wildman–Crippen LogP) is 1.36. The lowest BCUT2D eigenvalue weighted by atomic mass is 9.98. The van der Waals surface area contributed by atoms with E-state index in [2.05, 4.69) is 5.32 Å². The number of carbonyl (C=O) groups excluding carboxylic acids is 2. The monoisotopic (exact) mass is 290 g/mol. The van der Waals surface area contributed by atoms with E-state index >= 15 is 0 Å². The van der Waals surface area contributed by atoms with Crippen molar-refractivity contribution in [3.8, 4) is 5.75 Å². The van der Waals surface area contributed by atoms with Gasteiger partial charge in [0, 0.05) is 20.0 Å². The molecule has 0 saturated carbocycles. The van der Waals surface area contributed by atoms with Crippen LogP contribution in [0.2, 0.25) is 0 Å². The third-order valence-electron chi connectivity index (χ3n) is 3.71. The van der Waals surface area contributed by atoms with Crippen LogP contribution in [0.25, 0.3) is 0 Å². The van der Waals surface area contributed by atoms with Gasteiger partial charge in [-0.1, -0.05) is 17.7 Å². The summed E-state index contributed by atoms with van der Waals surface area (Å²) in [6, 6.07) is 7.84. The Morgan fingerprint density at radius 1 is 1.38 bits per heavy atom. The van der Waals surface area contributed by atoms with Crippen LogP contribution in [0.3, 0.4) is 0 Å². The first-order valence-electron chi connectivity index (χ1n) is 7.27. The van der Waals surface area contributed by atoms with Crippen LogP contribution in [-0.4, -0.2) is 43.5 Å². The molecule has 114 valence electrons. The highest BCUT2D eigenvalue weighted by molar-refractivity contribution is 5.83. The molecule has 5 nitrogen and oxygen atoms in total. The quantitative estimate of drug-likeness (QED) is 0.891. The number of hydrogen-bond donors (Lipinski definition) is 1. The molecule has 2 amide bonds. The van der Waals surface area contributed by atoms with Crippen molar-refractivity contribution in [2.45, 2.75) is 19.8 Å². The fraction of sp³-hybridized carbons (Fsp3) is 0.500. The highest BCUT2D eigenvalue weighted by atomic mass is 16.5. The molecule has 5 heteroatoms. The summed E-state index contributed by atoms with van der Waals surface area (Å²) in [4.78, 5) is 25.0. The molecule has 1 fully saturated rings. The van der Waals surface area contributed by atoms with Gasteiger partial charge in [-0.3, -0.25) is 9.59 Å². The third-order valence-corrected chi connectivity index (χ3v) is 3.71. The lowest BCUT2D eigenvalue weighted by Gasteiger charge is -2.26. The average molecular weight is 290 g/mol. The SMILES string of the molecule is Cc1ccc(OCCN(C)C(=O)C2CCC(=O)NC2)cc1. The molecule has 1 N–H and O–H groups in total. The smallest absolute Gasteiger partial charge is 0.227 e. The topological polar surface area (TPSA) is 58.6 Å². The molecule has 1 atom stereocenters. The number of rotatable bonds is 5. The normalized spacial score (nSPS) is 18.0. The van der Waals surface area contributed by atoms with Gasteiger partial charge in [0.25, 0.3) is 0 Å². The number of nitrogens with zero attached hydrogens (tertiary/aromatic N) is 1. The summed E-state index contributed by atoms with van der Waals surface area (Å²) in [5.74, 6) is 0.811. The number of ether oxygens (including phenoxy) is 1. The maximum absolute atomic E-state index is 12.2. The summed E-state index contributed by atoms with van der Waals surface area (Å²) in [6.07, 6.45) is 1.07. The number of nitrogens with one attached hydrogen (secondary N) is 1. The Bertz CT molecular complexity index is 489. The molecule has 2 rings (SSSR count). The molecule has 0 radical (unpaired) electrons. The highest BCUT2D eigenvalue weighted by Gasteiger charge is 2.26. The predicted molar refractivity (Wildman–Crippen MR) is 80.0 cm³/mol. The van der Waals surface area contributed by atoms with Crippen molar-refractivity contribution in [1.82, 2.24) is 10.2 Å². The Morgan fingerprint density at radius 2 is 2.10 bits per heavy atom. The molecule has 1 heterocycles. The van der Waals surface area contributed by atoms with Crippen molar-refractivity contribution in [1.29, 1.82) is 0 Å². The molecular weight excluding hydrogens is 268 g/mol. The van der Waals surface area contributed by atoms with Crippen molar-refractivity contribution < 1.29 is 14.3 Å². The van der Waals surface area contributed by atoms with Crippen molar-refractivity contribution in [3.63, 3.8) is 0 Å². The first kappa shape index (κ1) is 15.4. The second kappa shape index (κ2) is 7.11. The minimum Gasteiger partial charge on any atom is -0.492 e. The van der Waals surface area contributed by atoms with Crippen molar-refractivity contribution in [3.05, 3.63) is 29.8 Å². The lowest BCUT2D eigenvalue weighted by Crippen LogP contribution is -2.44. The second-order valence-corrected chi connectivity index (χ2v) is 5.46. The number of amides is 2. The number of carbonyl (C=O) groups is 2. The van der Waals surface area contributed by atoms with Gasteiger partial charge in [-0.2, -0.15) is 0 Å². The van der Waals surface area contributed by atoms with Crippen LogP contribution in [0.15, 0.2) is 24.3 Å². The van der Waals surface area contributed by atoms with Gasteiger partial charge in [0.15, 0.2) is 0 Å². The molecule has 0 spiro atoms. The van der Waals surface area contributed by atoms with Gasteiger partial charge >= 0.3 is 0 Å². The summed E-state index contributed by atoms with van der Waals surface area (Å²) in [5, 5.41) is 2.74. The number of hydrogen-bond acceptors (Lipinski definition) is 3. The van der Waals surface area contributed by atoms with Crippen LogP contribution >= 0.6 is 0 Å². The van der Waals surface area contributed by atoms with E-state index in [1.165, 1.54) is 5.56 Å². The Kier molecular flexibility index (Phi) is 5.20. The Morgan fingerprint density at radius 3 is 2.71 bits per heavy atom. The van der Waals surface area contributed by atoms with Gasteiger partial charge in [-0.25, -0.2) is 0 Å². The summed E-state index contributed by atoms with van der Waals surface area (Å²) >= 11 is 0. The van der Waals surface area contributed by atoms with E-state index in [1.54, 1.807) is 11.9 Å². The Hall–Kier alpha value is -2.04. The van der Waals surface area contributed by atoms with Gasteiger partial charge in [0.05, 0.1) is 12.5 Å². The van der Waals surface area contributed by atoms with Crippen molar-refractivity contribution >= 4 is 11.8 Å². The minimum absolute atomic E-state index is 0.0319. The first-order valence-corrected chi connectivity index (χ1v) is 7.27. The zero-order valence-corrected chi connectivity index (χ0v) is 12.6. The number of likely N-dealkylation sites (N-methyl/N-ethyl adjacent to an activating group) is 1. The van der Waals surface area contributed by atoms with Crippen LogP contribution in [0.4, 0.5) is 0 Å². The van der Waals surface area contributed by atoms with Gasteiger partial charge in [-0.15, -0.1) is 0 Å². The van der Waals surface area contributed by atoms with Gasteiger partial charge in [0.2, 0.25) is 11.8 Å². The first-order chi connectivity index (χ1) is 10.1. The molecule has 21 heavy (non-hydrogen) atoms. The van der Waals surface area contributed by atoms with E-state index in [0.29, 0.717) is 32.5 Å². The van der Waals surface area contributed by atoms with Crippen LogP contribution in [-0.2, 0) is 9.59 Å². The molecule has 1 aliphatic heterocycles. The van der Waals surface area contributed by atoms with Crippen molar-refractivity contribution in [2.24, 2.45) is 5.92 Å². The van der Waals surface area contributed by atoms with E-state index in [9.17, 15) is 9.59 Å². The highest BCUT2D eigenvalue weighted by Crippen LogP contribution is 2.14. The summed E-state index contributed by atoms with van der Waals surface area (Å²) in [5.41, 5.74) is 1.19. The molecule has 1 unspecified atom stereocenters. The maximum Gasteiger partial charge on any atom is 0.227 e. The molecule has 0 aliphatic carbocycles. The molecule has 0 aromatic heterocycles. The zero-order valence-electron chi connectivity index (χ0n) is 12.6. The van der Waals surface area contributed by atoms with E-state index < -0.39 is 0 Å². The maximum atomic E-state index is 12.2. The van der Waals surface area contributed by atoms with Crippen molar-refractivity contribution in [2.75, 3.05) is 26.7 Å². The van der Waals surface area contributed by atoms with Crippen LogP contribution in [0.1, 0.15) is 18.4 Å². The largest absolute Gasteiger partial charge is 0.492 e. The second-order valence-electron chi connectivity index (χ2n) is 5.46. The fourth-order valence-corrected chi connectivity index (χ4v) is 2.30. The van der Waals surface area contributed by atoms with Gasteiger partial charge in [-0.05, 0) is 25.5 Å². The average Bonchev–Trinajstić information content (AvgIpc) is 2.49. The third kappa shape index (κ3) is 4.48. The summed E-state index contributed by atoms with van der Waals surface area (Å²) in [6.45, 7) is 3.47. The molecule has 1 aromatic rings. The number of aryl methyl sites for hydroxylation is 1. The van der Waals surface area contributed by atoms with E-state index in [-0.39, 0.29) is 17.7 Å². The Balaban J connectivity index is 1.73. The Labute approximate surface area is 125 Å². The van der Waals surface area contributed by atoms with E-state index in [4.69, 9.17) is 4.74 Å². The number of benzene rings is 1. The van der Waals surface area contributed by atoms with E-state index in [1.807, 2.05) is 31.2 Å². The zero-order chi connectivity index (χ0) is 15.2. The molecule has 1 aromatic carbocycles. The fourth-order valence-electron chi connectivity index (χ4n) is 2.30. The molecular formula is C16H22N2O3. The van der Waals surface area contributed by atoms with Crippen LogP contribution < -0.4 is 10.1 Å².